The lowest BCUT2D eigenvalue weighted by Crippen LogP contribution is -1.90. The van der Waals surface area contributed by atoms with Crippen LogP contribution in [0.2, 0.25) is 5.02 Å². The van der Waals surface area contributed by atoms with Crippen LogP contribution in [0.25, 0.3) is 0 Å². The first kappa shape index (κ1) is 11.6. The molecule has 1 heterocycles. The quantitative estimate of drug-likeness (QED) is 0.777. The van der Waals surface area contributed by atoms with Crippen LogP contribution in [0.15, 0.2) is 36.7 Å². The van der Waals surface area contributed by atoms with Crippen LogP contribution in [0, 0.1) is 6.92 Å². The van der Waals surface area contributed by atoms with Crippen LogP contribution >= 0.6 is 11.6 Å². The number of aldehydes is 1. The van der Waals surface area contributed by atoms with Gasteiger partial charge in [0, 0.05) is 16.8 Å². The molecule has 1 aromatic carbocycles. The summed E-state index contributed by atoms with van der Waals surface area (Å²) in [6.07, 6.45) is 3.77. The number of hydrogen-bond acceptors (Lipinski definition) is 3. The molecule has 4 heteroatoms. The SMILES string of the molecule is Cc1cc(Cl)ccc1Oc1cncc(C=O)c1. The molecule has 3 nitrogen and oxygen atoms in total. The van der Waals surface area contributed by atoms with Crippen molar-refractivity contribution in [1.29, 1.82) is 0 Å². The minimum atomic E-state index is 0.481. The number of halogens is 1. The minimum absolute atomic E-state index is 0.481. The zero-order valence-electron chi connectivity index (χ0n) is 9.18. The molecular formula is C13H10ClNO2. The zero-order valence-corrected chi connectivity index (χ0v) is 9.94. The molecule has 17 heavy (non-hydrogen) atoms. The van der Waals surface area contributed by atoms with Crippen molar-refractivity contribution in [1.82, 2.24) is 4.98 Å². The van der Waals surface area contributed by atoms with Gasteiger partial charge in [-0.15, -0.1) is 0 Å². The van der Waals surface area contributed by atoms with E-state index in [4.69, 9.17) is 16.3 Å². The van der Waals surface area contributed by atoms with Gasteiger partial charge < -0.3 is 4.74 Å². The fraction of sp³-hybridized carbons (Fsp3) is 0.0769. The van der Waals surface area contributed by atoms with Gasteiger partial charge in [-0.3, -0.25) is 9.78 Å². The monoisotopic (exact) mass is 247 g/mol. The molecule has 0 amide bonds. The van der Waals surface area contributed by atoms with E-state index in [1.54, 1.807) is 24.4 Å². The van der Waals surface area contributed by atoms with E-state index in [1.165, 1.54) is 6.20 Å². The van der Waals surface area contributed by atoms with Gasteiger partial charge in [0.05, 0.1) is 6.20 Å². The van der Waals surface area contributed by atoms with Gasteiger partial charge in [-0.25, -0.2) is 0 Å². The second-order valence-corrected chi connectivity index (χ2v) is 4.02. The number of nitrogens with zero attached hydrogens (tertiary/aromatic N) is 1. The van der Waals surface area contributed by atoms with Gasteiger partial charge in [0.1, 0.15) is 11.5 Å². The molecule has 0 saturated carbocycles. The molecule has 86 valence electrons. The number of carbonyl (C=O) groups excluding carboxylic acids is 1. The molecule has 0 unspecified atom stereocenters. The molecule has 0 aliphatic carbocycles. The van der Waals surface area contributed by atoms with E-state index in [2.05, 4.69) is 4.98 Å². The average molecular weight is 248 g/mol. The molecule has 0 fully saturated rings. The Balaban J connectivity index is 2.27. The second kappa shape index (κ2) is 4.97. The minimum Gasteiger partial charge on any atom is -0.455 e. The molecule has 0 N–H and O–H groups in total. The summed E-state index contributed by atoms with van der Waals surface area (Å²) in [5.74, 6) is 1.22. The summed E-state index contributed by atoms with van der Waals surface area (Å²) < 4.78 is 5.63. The Bertz CT molecular complexity index is 555. The fourth-order valence-corrected chi connectivity index (χ4v) is 1.64. The summed E-state index contributed by atoms with van der Waals surface area (Å²) in [6, 6.07) is 6.98. The van der Waals surface area contributed by atoms with Gasteiger partial charge in [-0.2, -0.15) is 0 Å². The third kappa shape index (κ3) is 2.82. The lowest BCUT2D eigenvalue weighted by atomic mass is 10.2. The van der Waals surface area contributed by atoms with Crippen LogP contribution in [-0.4, -0.2) is 11.3 Å². The number of benzene rings is 1. The Morgan fingerprint density at radius 1 is 1.29 bits per heavy atom. The normalized spacial score (nSPS) is 10.0. The first-order valence-electron chi connectivity index (χ1n) is 5.03. The molecule has 0 atom stereocenters. The summed E-state index contributed by atoms with van der Waals surface area (Å²) in [4.78, 5) is 14.5. The largest absolute Gasteiger partial charge is 0.455 e. The highest BCUT2D eigenvalue weighted by molar-refractivity contribution is 6.30. The Labute approximate surface area is 104 Å². The van der Waals surface area contributed by atoms with Crippen molar-refractivity contribution in [3.05, 3.63) is 52.8 Å². The molecular weight excluding hydrogens is 238 g/mol. The summed E-state index contributed by atoms with van der Waals surface area (Å²) >= 11 is 5.85. The molecule has 0 bridgehead atoms. The summed E-state index contributed by atoms with van der Waals surface area (Å²) in [5.41, 5.74) is 1.41. The first-order valence-corrected chi connectivity index (χ1v) is 5.41. The summed E-state index contributed by atoms with van der Waals surface area (Å²) in [5, 5.41) is 0.662. The fourth-order valence-electron chi connectivity index (χ4n) is 1.41. The maximum atomic E-state index is 10.6. The van der Waals surface area contributed by atoms with E-state index in [1.807, 2.05) is 13.0 Å². The van der Waals surface area contributed by atoms with Crippen LogP contribution in [0.1, 0.15) is 15.9 Å². The number of ether oxygens (including phenoxy) is 1. The standard InChI is InChI=1S/C13H10ClNO2/c1-9-4-11(14)2-3-13(9)17-12-5-10(8-16)6-15-7-12/h2-8H,1H3. The molecule has 2 aromatic rings. The van der Waals surface area contributed by atoms with E-state index in [0.29, 0.717) is 22.1 Å². The van der Waals surface area contributed by atoms with E-state index in [-0.39, 0.29) is 0 Å². The van der Waals surface area contributed by atoms with Crippen LogP contribution in [0.4, 0.5) is 0 Å². The molecule has 0 saturated heterocycles. The Hall–Kier alpha value is -1.87. The topological polar surface area (TPSA) is 39.2 Å². The maximum absolute atomic E-state index is 10.6. The van der Waals surface area contributed by atoms with Crippen LogP contribution in [0.5, 0.6) is 11.5 Å². The second-order valence-electron chi connectivity index (χ2n) is 3.58. The molecule has 0 aliphatic rings. The molecule has 0 spiro atoms. The van der Waals surface area contributed by atoms with E-state index in [0.717, 1.165) is 11.8 Å². The van der Waals surface area contributed by atoms with Crippen LogP contribution in [-0.2, 0) is 0 Å². The van der Waals surface area contributed by atoms with Gasteiger partial charge in [0.15, 0.2) is 6.29 Å². The van der Waals surface area contributed by atoms with Gasteiger partial charge in [-0.1, -0.05) is 11.6 Å². The predicted octanol–water partition coefficient (Wildman–Crippen LogP) is 3.65. The number of hydrogen-bond donors (Lipinski definition) is 0. The molecule has 2 rings (SSSR count). The first-order chi connectivity index (χ1) is 8.19. The van der Waals surface area contributed by atoms with E-state index in [9.17, 15) is 4.79 Å². The Morgan fingerprint density at radius 3 is 2.82 bits per heavy atom. The number of aromatic nitrogens is 1. The molecule has 0 radical (unpaired) electrons. The van der Waals surface area contributed by atoms with Crippen LogP contribution in [0.3, 0.4) is 0 Å². The predicted molar refractivity (Wildman–Crippen MR) is 65.9 cm³/mol. The van der Waals surface area contributed by atoms with Gasteiger partial charge >= 0.3 is 0 Å². The lowest BCUT2D eigenvalue weighted by Gasteiger charge is -2.08. The van der Waals surface area contributed by atoms with E-state index < -0.39 is 0 Å². The molecule has 1 aromatic heterocycles. The van der Waals surface area contributed by atoms with Crippen molar-refractivity contribution in [3.8, 4) is 11.5 Å². The maximum Gasteiger partial charge on any atom is 0.151 e. The third-order valence-corrected chi connectivity index (χ3v) is 2.47. The molecule has 0 aliphatic heterocycles. The number of pyridine rings is 1. The summed E-state index contributed by atoms with van der Waals surface area (Å²) in [6.45, 7) is 1.90. The van der Waals surface area contributed by atoms with Crippen molar-refractivity contribution in [2.24, 2.45) is 0 Å². The van der Waals surface area contributed by atoms with Crippen molar-refractivity contribution in [2.75, 3.05) is 0 Å². The highest BCUT2D eigenvalue weighted by atomic mass is 35.5. The smallest absolute Gasteiger partial charge is 0.151 e. The number of aryl methyl sites for hydroxylation is 1. The number of carbonyl (C=O) groups is 1. The third-order valence-electron chi connectivity index (χ3n) is 2.24. The highest BCUT2D eigenvalue weighted by Gasteiger charge is 2.03. The van der Waals surface area contributed by atoms with Crippen molar-refractivity contribution >= 4 is 17.9 Å². The zero-order chi connectivity index (χ0) is 12.3. The lowest BCUT2D eigenvalue weighted by molar-refractivity contribution is 0.112. The number of rotatable bonds is 3. The van der Waals surface area contributed by atoms with Gasteiger partial charge in [0.2, 0.25) is 0 Å². The Kier molecular flexibility index (Phi) is 3.40. The van der Waals surface area contributed by atoms with Crippen molar-refractivity contribution < 1.29 is 9.53 Å². The highest BCUT2D eigenvalue weighted by Crippen LogP contribution is 2.26. The summed E-state index contributed by atoms with van der Waals surface area (Å²) in [7, 11) is 0. The Morgan fingerprint density at radius 2 is 2.12 bits per heavy atom. The van der Waals surface area contributed by atoms with Crippen molar-refractivity contribution in [2.45, 2.75) is 6.92 Å². The average Bonchev–Trinajstić information content (AvgIpc) is 2.33. The van der Waals surface area contributed by atoms with E-state index >= 15 is 0 Å². The van der Waals surface area contributed by atoms with Gasteiger partial charge in [-0.05, 0) is 36.8 Å². The van der Waals surface area contributed by atoms with Gasteiger partial charge in [0.25, 0.3) is 0 Å². The van der Waals surface area contributed by atoms with Crippen LogP contribution < -0.4 is 4.74 Å². The van der Waals surface area contributed by atoms with Crippen molar-refractivity contribution in [3.63, 3.8) is 0 Å².